The van der Waals surface area contributed by atoms with Gasteiger partial charge in [0.15, 0.2) is 0 Å². The van der Waals surface area contributed by atoms with E-state index < -0.39 is 0 Å². The predicted octanol–water partition coefficient (Wildman–Crippen LogP) is 8.36. The van der Waals surface area contributed by atoms with Gasteiger partial charge in [-0.1, -0.05) is 55.4 Å². The molecule has 216 valence electrons. The second-order valence-corrected chi connectivity index (χ2v) is 16.7. The van der Waals surface area contributed by atoms with Crippen molar-refractivity contribution in [3.05, 3.63) is 0 Å². The van der Waals surface area contributed by atoms with E-state index in [1.165, 1.54) is 51.4 Å². The summed E-state index contributed by atoms with van der Waals surface area (Å²) in [6, 6.07) is 0. The van der Waals surface area contributed by atoms with E-state index in [1.807, 2.05) is 0 Å². The number of ether oxygens (including phenoxy) is 2. The molecule has 0 heterocycles. The molecule has 4 heteroatoms. The largest absolute Gasteiger partial charge is 0.462 e. The lowest BCUT2D eigenvalue weighted by molar-refractivity contribution is -0.271. The molecule has 0 radical (unpaired) electrons. The average molecular weight is 529 g/mol. The molecule has 5 saturated carbocycles. The highest BCUT2D eigenvalue weighted by Gasteiger charge is 2.71. The molecule has 0 amide bonds. The number of carbonyl (C=O) groups excluding carboxylic acids is 2. The second kappa shape index (κ2) is 8.72. The minimum atomic E-state index is -0.131. The van der Waals surface area contributed by atoms with Gasteiger partial charge in [-0.15, -0.1) is 0 Å². The lowest BCUT2D eigenvalue weighted by Crippen LogP contribution is -2.69. The van der Waals surface area contributed by atoms with E-state index in [9.17, 15) is 9.59 Å². The minimum Gasteiger partial charge on any atom is -0.462 e. The normalized spacial score (nSPS) is 50.9. The topological polar surface area (TPSA) is 52.6 Å². The molecule has 10 atom stereocenters. The first-order valence-corrected chi connectivity index (χ1v) is 15.8. The summed E-state index contributed by atoms with van der Waals surface area (Å²) < 4.78 is 12.1. The highest BCUT2D eigenvalue weighted by molar-refractivity contribution is 5.66. The Morgan fingerprint density at radius 1 is 0.579 bits per heavy atom. The third-order valence-corrected chi connectivity index (χ3v) is 14.5. The van der Waals surface area contributed by atoms with Crippen LogP contribution in [-0.4, -0.2) is 24.1 Å². The molecule has 0 aromatic carbocycles. The molecule has 10 unspecified atom stereocenters. The van der Waals surface area contributed by atoms with Gasteiger partial charge in [-0.3, -0.25) is 9.59 Å². The maximum Gasteiger partial charge on any atom is 0.302 e. The van der Waals surface area contributed by atoms with Crippen LogP contribution in [0.15, 0.2) is 0 Å². The van der Waals surface area contributed by atoms with E-state index in [0.717, 1.165) is 12.8 Å². The quantitative estimate of drug-likeness (QED) is 0.338. The van der Waals surface area contributed by atoms with Crippen LogP contribution in [0.4, 0.5) is 0 Å². The number of hydrogen-bond acceptors (Lipinski definition) is 4. The summed E-state index contributed by atoms with van der Waals surface area (Å²) in [5, 5.41) is 0. The zero-order chi connectivity index (χ0) is 28.1. The zero-order valence-electron chi connectivity index (χ0n) is 26.2. The highest BCUT2D eigenvalue weighted by atomic mass is 16.5. The maximum absolute atomic E-state index is 12.2. The molecule has 38 heavy (non-hydrogen) atoms. The van der Waals surface area contributed by atoms with Gasteiger partial charge in [0.05, 0.1) is 0 Å². The molecule has 0 bridgehead atoms. The van der Waals surface area contributed by atoms with Crippen molar-refractivity contribution < 1.29 is 19.1 Å². The molecule has 0 N–H and O–H groups in total. The van der Waals surface area contributed by atoms with Crippen molar-refractivity contribution in [1.29, 1.82) is 0 Å². The number of hydrogen-bond donors (Lipinski definition) is 0. The molecule has 5 aliphatic carbocycles. The molecule has 5 aliphatic rings. The molecule has 0 spiro atoms. The van der Waals surface area contributed by atoms with Crippen LogP contribution in [0.1, 0.15) is 133 Å². The first-order valence-electron chi connectivity index (χ1n) is 15.8. The van der Waals surface area contributed by atoms with E-state index in [2.05, 4.69) is 55.4 Å². The van der Waals surface area contributed by atoms with E-state index in [0.29, 0.717) is 34.5 Å². The fraction of sp³-hybridized carbons (Fsp3) is 0.941. The van der Waals surface area contributed by atoms with Gasteiger partial charge in [0.2, 0.25) is 0 Å². The predicted molar refractivity (Wildman–Crippen MR) is 151 cm³/mol. The monoisotopic (exact) mass is 528 g/mol. The van der Waals surface area contributed by atoms with Crippen LogP contribution in [0.3, 0.4) is 0 Å². The van der Waals surface area contributed by atoms with E-state index in [4.69, 9.17) is 9.47 Å². The molecule has 0 saturated heterocycles. The van der Waals surface area contributed by atoms with E-state index in [1.54, 1.807) is 13.8 Å². The molecule has 0 aromatic rings. The Morgan fingerprint density at radius 2 is 1.13 bits per heavy atom. The van der Waals surface area contributed by atoms with Crippen LogP contribution in [0, 0.1) is 56.2 Å². The van der Waals surface area contributed by atoms with Gasteiger partial charge in [0, 0.05) is 30.6 Å². The standard InChI is InChI=1S/C34H56O4/c1-21(35)37-27-15-16-32(8)24(30(27,5)6)14-18-34(10)26(32)12-11-25-31(7)20-19-29(3,4)28(38-22(2)36)23(31)13-17-33(25,34)9/h23-28H,11-20H2,1-10H3. The van der Waals surface area contributed by atoms with E-state index in [-0.39, 0.29) is 45.8 Å². The summed E-state index contributed by atoms with van der Waals surface area (Å²) in [5.74, 6) is 2.18. The first kappa shape index (κ1) is 28.5. The molecule has 0 aliphatic heterocycles. The molecule has 0 aromatic heterocycles. The van der Waals surface area contributed by atoms with Crippen molar-refractivity contribution in [2.45, 2.75) is 146 Å². The van der Waals surface area contributed by atoms with Crippen molar-refractivity contribution >= 4 is 11.9 Å². The number of esters is 2. The molecular formula is C34H56O4. The molecule has 5 rings (SSSR count). The minimum absolute atomic E-state index is 0.00754. The number of rotatable bonds is 2. The van der Waals surface area contributed by atoms with Gasteiger partial charge in [-0.05, 0) is 104 Å². The summed E-state index contributed by atoms with van der Waals surface area (Å²) in [5.41, 5.74) is 1.17. The van der Waals surface area contributed by atoms with E-state index >= 15 is 0 Å². The highest BCUT2D eigenvalue weighted by Crippen LogP contribution is 2.77. The van der Waals surface area contributed by atoms with Gasteiger partial charge in [-0.2, -0.15) is 0 Å². The van der Waals surface area contributed by atoms with Crippen LogP contribution in [0.2, 0.25) is 0 Å². The fourth-order valence-corrected chi connectivity index (χ4v) is 12.4. The van der Waals surface area contributed by atoms with Gasteiger partial charge in [0.25, 0.3) is 0 Å². The Balaban J connectivity index is 1.48. The van der Waals surface area contributed by atoms with Crippen LogP contribution in [-0.2, 0) is 19.1 Å². The average Bonchev–Trinajstić information content (AvgIpc) is 2.78. The smallest absolute Gasteiger partial charge is 0.302 e. The van der Waals surface area contributed by atoms with Crippen molar-refractivity contribution in [1.82, 2.24) is 0 Å². The van der Waals surface area contributed by atoms with Gasteiger partial charge >= 0.3 is 11.9 Å². The Morgan fingerprint density at radius 3 is 1.71 bits per heavy atom. The lowest BCUT2D eigenvalue weighted by Gasteiger charge is -2.74. The van der Waals surface area contributed by atoms with Crippen molar-refractivity contribution in [2.24, 2.45) is 56.2 Å². The first-order chi connectivity index (χ1) is 17.4. The maximum atomic E-state index is 12.2. The van der Waals surface area contributed by atoms with Crippen molar-refractivity contribution in [3.63, 3.8) is 0 Å². The summed E-state index contributed by atoms with van der Waals surface area (Å²) in [6.45, 7) is 23.1. The summed E-state index contributed by atoms with van der Waals surface area (Å²) in [6.07, 6.45) is 12.2. The Bertz CT molecular complexity index is 983. The Kier molecular flexibility index (Phi) is 6.53. The Labute approximate surface area is 232 Å². The van der Waals surface area contributed by atoms with Crippen molar-refractivity contribution in [2.75, 3.05) is 0 Å². The lowest BCUT2D eigenvalue weighted by atomic mass is 9.30. The third-order valence-electron chi connectivity index (χ3n) is 14.5. The van der Waals surface area contributed by atoms with Gasteiger partial charge in [0.1, 0.15) is 12.2 Å². The summed E-state index contributed by atoms with van der Waals surface area (Å²) in [7, 11) is 0. The fourth-order valence-electron chi connectivity index (χ4n) is 12.4. The van der Waals surface area contributed by atoms with Crippen LogP contribution in [0.25, 0.3) is 0 Å². The zero-order valence-corrected chi connectivity index (χ0v) is 26.2. The van der Waals surface area contributed by atoms with Gasteiger partial charge < -0.3 is 9.47 Å². The van der Waals surface area contributed by atoms with Gasteiger partial charge in [-0.25, -0.2) is 0 Å². The second-order valence-electron chi connectivity index (χ2n) is 16.7. The summed E-state index contributed by atoms with van der Waals surface area (Å²) >= 11 is 0. The van der Waals surface area contributed by atoms with Crippen LogP contribution < -0.4 is 0 Å². The van der Waals surface area contributed by atoms with Crippen LogP contribution in [0.5, 0.6) is 0 Å². The SMILES string of the molecule is CC(=O)OC1C2CCC3(C)C(CCC4C5(C)CCC(OC(C)=O)C(C)(C)C5CCC43C)C2(C)CCC1(C)C. The van der Waals surface area contributed by atoms with Crippen molar-refractivity contribution in [3.8, 4) is 0 Å². The van der Waals surface area contributed by atoms with Crippen LogP contribution >= 0.6 is 0 Å². The number of carbonyl (C=O) groups is 2. The molecular weight excluding hydrogens is 472 g/mol. The molecule has 4 nitrogen and oxygen atoms in total. The summed E-state index contributed by atoms with van der Waals surface area (Å²) in [4.78, 5) is 24.2. The third kappa shape index (κ3) is 3.73. The number of fused-ring (bicyclic) bond motifs is 7. The Hall–Kier alpha value is -1.06. The molecule has 5 fully saturated rings.